The van der Waals surface area contributed by atoms with E-state index in [4.69, 9.17) is 11.3 Å². The molecule has 9 aromatic rings. The van der Waals surface area contributed by atoms with Gasteiger partial charge in [0.1, 0.15) is 11.2 Å². The molecule has 8 aromatic carbocycles. The van der Waals surface area contributed by atoms with Crippen molar-refractivity contribution in [2.24, 2.45) is 0 Å². The standard InChI is InChI=1S/C44H28O/c1-3-14-29(15-4-1)31-18-13-19-32(26-31)42-34-20-7-9-22-36(34)43(37-23-10-8-21-35(37)42)39-27-33(30-16-5-2-6-17-30)28-41-44(39)38-24-11-12-25-40(38)45-41/h1-28H/i1D,7D,8D,9D,10D,20D,21D,22D,23D. The van der Waals surface area contributed by atoms with E-state index in [-0.39, 0.29) is 56.8 Å². The van der Waals surface area contributed by atoms with E-state index in [0.29, 0.717) is 33.7 Å². The van der Waals surface area contributed by atoms with Crippen LogP contribution in [0.15, 0.2) is 174 Å². The molecule has 0 unspecified atom stereocenters. The van der Waals surface area contributed by atoms with Gasteiger partial charge in [0.05, 0.1) is 12.3 Å². The van der Waals surface area contributed by atoms with Crippen LogP contribution in [-0.4, -0.2) is 0 Å². The van der Waals surface area contributed by atoms with E-state index in [9.17, 15) is 5.48 Å². The molecule has 1 nitrogen and oxygen atoms in total. The number of benzene rings is 8. The molecule has 0 spiro atoms. The van der Waals surface area contributed by atoms with Crippen LogP contribution in [0, 0.1) is 0 Å². The molecule has 0 aliphatic rings. The molecular weight excluding hydrogens is 544 g/mol. The molecular formula is C44H28O. The molecule has 0 saturated carbocycles. The highest BCUT2D eigenvalue weighted by molar-refractivity contribution is 6.26. The SMILES string of the molecule is [2H]c1ccc(-c2cccc(-c3c4c([2H])c([2H])c([2H])c([2H])c4c(-c4cc(-c5ccccc5)cc5oc6ccccc6c45)c4c([2H])c([2H])c([2H])c([2H])c34)c2)cc1. The first kappa shape index (κ1) is 18.0. The lowest BCUT2D eigenvalue weighted by Gasteiger charge is -2.19. The Hall–Kier alpha value is -5.92. The molecule has 0 N–H and O–H groups in total. The molecule has 1 heteroatoms. The van der Waals surface area contributed by atoms with E-state index < -0.39 is 24.2 Å². The lowest BCUT2D eigenvalue weighted by molar-refractivity contribution is 0.669. The van der Waals surface area contributed by atoms with Gasteiger partial charge in [0, 0.05) is 10.8 Å². The van der Waals surface area contributed by atoms with Crippen molar-refractivity contribution in [1.82, 2.24) is 0 Å². The van der Waals surface area contributed by atoms with Crippen molar-refractivity contribution in [3.63, 3.8) is 0 Å². The Labute approximate surface area is 274 Å². The fraction of sp³-hybridized carbons (Fsp3) is 0. The molecule has 1 heterocycles. The highest BCUT2D eigenvalue weighted by Gasteiger charge is 2.21. The van der Waals surface area contributed by atoms with Crippen molar-refractivity contribution in [3.8, 4) is 44.5 Å². The van der Waals surface area contributed by atoms with Gasteiger partial charge in [0.15, 0.2) is 0 Å². The van der Waals surface area contributed by atoms with Gasteiger partial charge in [0.2, 0.25) is 0 Å². The van der Waals surface area contributed by atoms with Crippen LogP contribution in [0.1, 0.15) is 12.3 Å². The van der Waals surface area contributed by atoms with E-state index in [1.165, 1.54) is 0 Å². The Kier molecular flexibility index (Phi) is 4.15. The van der Waals surface area contributed by atoms with Crippen molar-refractivity contribution in [3.05, 3.63) is 170 Å². The molecule has 0 atom stereocenters. The lowest BCUT2D eigenvalue weighted by Crippen LogP contribution is -1.92. The second-order valence-electron chi connectivity index (χ2n) is 11.0. The molecule has 0 amide bonds. The van der Waals surface area contributed by atoms with Gasteiger partial charge in [0.25, 0.3) is 0 Å². The Bertz CT molecular complexity index is 2940. The molecule has 210 valence electrons. The Morgan fingerprint density at radius 3 is 1.69 bits per heavy atom. The summed E-state index contributed by atoms with van der Waals surface area (Å²) in [5.74, 6) is 0. The highest BCUT2D eigenvalue weighted by atomic mass is 16.3. The van der Waals surface area contributed by atoms with Crippen LogP contribution in [0.2, 0.25) is 0 Å². The van der Waals surface area contributed by atoms with Crippen molar-refractivity contribution >= 4 is 43.5 Å². The van der Waals surface area contributed by atoms with E-state index in [1.54, 1.807) is 18.2 Å². The van der Waals surface area contributed by atoms with Crippen LogP contribution in [0.25, 0.3) is 88.0 Å². The number of furan rings is 1. The molecule has 0 bridgehead atoms. The minimum Gasteiger partial charge on any atom is -0.456 e. The van der Waals surface area contributed by atoms with Gasteiger partial charge in [-0.1, -0.05) is 145 Å². The zero-order valence-corrected chi connectivity index (χ0v) is 23.9. The molecule has 0 radical (unpaired) electrons. The Morgan fingerprint density at radius 2 is 0.956 bits per heavy atom. The van der Waals surface area contributed by atoms with Gasteiger partial charge in [-0.15, -0.1) is 0 Å². The normalized spacial score (nSPS) is 14.4. The topological polar surface area (TPSA) is 13.1 Å². The number of rotatable bonds is 4. The first-order valence-corrected chi connectivity index (χ1v) is 14.7. The summed E-state index contributed by atoms with van der Waals surface area (Å²) in [7, 11) is 0. The first-order chi connectivity index (χ1) is 26.0. The van der Waals surface area contributed by atoms with Gasteiger partial charge in [-0.3, -0.25) is 0 Å². The summed E-state index contributed by atoms with van der Waals surface area (Å²) in [6.45, 7) is 0. The van der Waals surface area contributed by atoms with Crippen LogP contribution < -0.4 is 0 Å². The quantitative estimate of drug-likeness (QED) is 0.188. The minimum atomic E-state index is -0.461. The first-order valence-electron chi connectivity index (χ1n) is 19.2. The van der Waals surface area contributed by atoms with E-state index in [2.05, 4.69) is 0 Å². The fourth-order valence-electron chi connectivity index (χ4n) is 6.47. The van der Waals surface area contributed by atoms with Gasteiger partial charge in [-0.05, 0) is 90.3 Å². The van der Waals surface area contributed by atoms with Gasteiger partial charge >= 0.3 is 0 Å². The van der Waals surface area contributed by atoms with Crippen LogP contribution >= 0.6 is 0 Å². The second kappa shape index (κ2) is 10.4. The molecule has 9 rings (SSSR count). The van der Waals surface area contributed by atoms with E-state index in [1.807, 2.05) is 97.1 Å². The zero-order valence-electron chi connectivity index (χ0n) is 32.9. The number of fused-ring (bicyclic) bond motifs is 5. The Morgan fingerprint density at radius 1 is 0.378 bits per heavy atom. The van der Waals surface area contributed by atoms with E-state index in [0.717, 1.165) is 27.6 Å². The van der Waals surface area contributed by atoms with Crippen molar-refractivity contribution in [2.45, 2.75) is 0 Å². The largest absolute Gasteiger partial charge is 0.456 e. The molecule has 45 heavy (non-hydrogen) atoms. The van der Waals surface area contributed by atoms with Crippen molar-refractivity contribution < 1.29 is 16.8 Å². The van der Waals surface area contributed by atoms with Crippen LogP contribution in [0.3, 0.4) is 0 Å². The summed E-state index contributed by atoms with van der Waals surface area (Å²) in [6.07, 6.45) is 0. The minimum absolute atomic E-state index is 0.134. The van der Waals surface area contributed by atoms with Crippen LogP contribution in [-0.2, 0) is 0 Å². The third kappa shape index (κ3) is 4.17. The van der Waals surface area contributed by atoms with Gasteiger partial charge < -0.3 is 4.42 Å². The third-order valence-electron chi connectivity index (χ3n) is 8.43. The molecule has 0 fully saturated rings. The molecule has 0 aliphatic carbocycles. The lowest BCUT2D eigenvalue weighted by atomic mass is 9.83. The predicted octanol–water partition coefficient (Wildman–Crippen LogP) is 12.6. The monoisotopic (exact) mass is 581 g/mol. The summed E-state index contributed by atoms with van der Waals surface area (Å²) in [5.41, 5.74) is 5.88. The van der Waals surface area contributed by atoms with Gasteiger partial charge in [-0.25, -0.2) is 0 Å². The zero-order chi connectivity index (χ0) is 37.6. The Balaban J connectivity index is 1.55. The predicted molar refractivity (Wildman–Crippen MR) is 190 cm³/mol. The molecule has 0 saturated heterocycles. The highest BCUT2D eigenvalue weighted by Crippen LogP contribution is 2.48. The summed E-state index contributed by atoms with van der Waals surface area (Å²) in [6, 6.07) is 32.6. The van der Waals surface area contributed by atoms with Gasteiger partial charge in [-0.2, -0.15) is 0 Å². The number of hydrogen-bond acceptors (Lipinski definition) is 1. The summed E-state index contributed by atoms with van der Waals surface area (Å²) in [4.78, 5) is 0. The van der Waals surface area contributed by atoms with Crippen molar-refractivity contribution in [2.75, 3.05) is 0 Å². The maximum Gasteiger partial charge on any atom is 0.136 e. The maximum atomic E-state index is 9.49. The van der Waals surface area contributed by atoms with Crippen molar-refractivity contribution in [1.29, 1.82) is 0 Å². The summed E-state index contributed by atoms with van der Waals surface area (Å²) >= 11 is 0. The third-order valence-corrected chi connectivity index (χ3v) is 8.43. The average molecular weight is 582 g/mol. The smallest absolute Gasteiger partial charge is 0.136 e. The number of para-hydroxylation sites is 1. The van der Waals surface area contributed by atoms with Crippen LogP contribution in [0.4, 0.5) is 0 Å². The summed E-state index contributed by atoms with van der Waals surface area (Å²) in [5, 5.41) is 1.95. The molecule has 1 aromatic heterocycles. The van der Waals surface area contributed by atoms with Crippen LogP contribution in [0.5, 0.6) is 0 Å². The average Bonchev–Trinajstić information content (AvgIpc) is 3.58. The summed E-state index contributed by atoms with van der Waals surface area (Å²) < 4.78 is 87.8. The second-order valence-corrected chi connectivity index (χ2v) is 11.0. The maximum absolute atomic E-state index is 9.49. The van der Waals surface area contributed by atoms with E-state index >= 15 is 0 Å². The fourth-order valence-corrected chi connectivity index (χ4v) is 6.47. The number of hydrogen-bond donors (Lipinski definition) is 0. The molecule has 0 aliphatic heterocycles.